The molecular formula is C16H18Cl2N2O. The van der Waals surface area contributed by atoms with E-state index in [4.69, 9.17) is 23.2 Å². The van der Waals surface area contributed by atoms with Crippen molar-refractivity contribution in [3.63, 3.8) is 0 Å². The SMILES string of the molecule is Cc1nn(C)c(C)c1CCC(=O)Cc1cc(Cl)ccc1Cl. The molecule has 0 unspecified atom stereocenters. The standard InChI is InChI=1S/C16H18Cl2N2O/c1-10-15(11(2)20(3)19-10)6-5-14(21)9-12-8-13(17)4-7-16(12)18/h4,7-8H,5-6,9H2,1-3H3. The molecule has 0 radical (unpaired) electrons. The summed E-state index contributed by atoms with van der Waals surface area (Å²) in [5, 5.41) is 5.55. The van der Waals surface area contributed by atoms with Gasteiger partial charge in [0.05, 0.1) is 5.69 Å². The smallest absolute Gasteiger partial charge is 0.137 e. The van der Waals surface area contributed by atoms with E-state index in [2.05, 4.69) is 5.10 Å². The Morgan fingerprint density at radius 1 is 1.29 bits per heavy atom. The summed E-state index contributed by atoms with van der Waals surface area (Å²) in [5.74, 6) is 0.154. The Morgan fingerprint density at radius 3 is 2.62 bits per heavy atom. The van der Waals surface area contributed by atoms with Crippen molar-refractivity contribution in [2.24, 2.45) is 7.05 Å². The van der Waals surface area contributed by atoms with Crippen molar-refractivity contribution in [2.75, 3.05) is 0 Å². The second-order valence-electron chi connectivity index (χ2n) is 5.22. The van der Waals surface area contributed by atoms with Crippen LogP contribution in [0.5, 0.6) is 0 Å². The Balaban J connectivity index is 2.01. The van der Waals surface area contributed by atoms with Crippen LogP contribution in [0.4, 0.5) is 0 Å². The summed E-state index contributed by atoms with van der Waals surface area (Å²) in [4.78, 5) is 12.1. The maximum absolute atomic E-state index is 12.1. The Hall–Kier alpha value is -1.32. The minimum atomic E-state index is 0.154. The number of carbonyl (C=O) groups excluding carboxylic acids is 1. The molecule has 0 aliphatic carbocycles. The second-order valence-corrected chi connectivity index (χ2v) is 6.07. The van der Waals surface area contributed by atoms with E-state index in [1.54, 1.807) is 18.2 Å². The molecular weight excluding hydrogens is 307 g/mol. The fraction of sp³-hybridized carbons (Fsp3) is 0.375. The largest absolute Gasteiger partial charge is 0.299 e. The zero-order valence-corrected chi connectivity index (χ0v) is 13.9. The summed E-state index contributed by atoms with van der Waals surface area (Å²) in [7, 11) is 1.92. The highest BCUT2D eigenvalue weighted by atomic mass is 35.5. The van der Waals surface area contributed by atoms with Gasteiger partial charge in [0, 0.05) is 35.6 Å². The monoisotopic (exact) mass is 324 g/mol. The van der Waals surface area contributed by atoms with Crippen molar-refractivity contribution in [1.82, 2.24) is 9.78 Å². The van der Waals surface area contributed by atoms with Crippen LogP contribution in [0, 0.1) is 13.8 Å². The van der Waals surface area contributed by atoms with Gasteiger partial charge in [0.1, 0.15) is 5.78 Å². The van der Waals surface area contributed by atoms with E-state index >= 15 is 0 Å². The van der Waals surface area contributed by atoms with E-state index in [1.807, 2.05) is 25.6 Å². The Morgan fingerprint density at radius 2 is 2.00 bits per heavy atom. The predicted molar refractivity (Wildman–Crippen MR) is 86.2 cm³/mol. The highest BCUT2D eigenvalue weighted by Crippen LogP contribution is 2.22. The maximum Gasteiger partial charge on any atom is 0.137 e. The molecule has 0 amide bonds. The first kappa shape index (κ1) is 16.1. The van der Waals surface area contributed by atoms with Gasteiger partial charge in [-0.15, -0.1) is 0 Å². The Kier molecular flexibility index (Phi) is 5.07. The third-order valence-electron chi connectivity index (χ3n) is 3.71. The number of ketones is 1. The van der Waals surface area contributed by atoms with Crippen molar-refractivity contribution in [2.45, 2.75) is 33.1 Å². The lowest BCUT2D eigenvalue weighted by Gasteiger charge is -2.05. The molecule has 0 aliphatic heterocycles. The third-order valence-corrected chi connectivity index (χ3v) is 4.31. The van der Waals surface area contributed by atoms with Crippen LogP contribution < -0.4 is 0 Å². The molecule has 1 aromatic carbocycles. The Bertz CT molecular complexity index is 677. The van der Waals surface area contributed by atoms with Gasteiger partial charge in [0.2, 0.25) is 0 Å². The fourth-order valence-corrected chi connectivity index (χ4v) is 2.80. The molecule has 0 saturated carbocycles. The molecule has 0 fully saturated rings. The van der Waals surface area contributed by atoms with Crippen LogP contribution in [-0.2, 0) is 24.7 Å². The summed E-state index contributed by atoms with van der Waals surface area (Å²) in [6, 6.07) is 5.20. The topological polar surface area (TPSA) is 34.9 Å². The molecule has 1 aromatic heterocycles. The molecule has 0 atom stereocenters. The zero-order chi connectivity index (χ0) is 15.6. The van der Waals surface area contributed by atoms with Crippen LogP contribution >= 0.6 is 23.2 Å². The molecule has 3 nitrogen and oxygen atoms in total. The molecule has 112 valence electrons. The van der Waals surface area contributed by atoms with Gasteiger partial charge in [-0.2, -0.15) is 5.10 Å². The van der Waals surface area contributed by atoms with E-state index in [0.717, 1.165) is 22.5 Å². The number of aryl methyl sites for hydroxylation is 2. The lowest BCUT2D eigenvalue weighted by Crippen LogP contribution is -2.06. The van der Waals surface area contributed by atoms with Gasteiger partial charge in [-0.3, -0.25) is 9.48 Å². The number of rotatable bonds is 5. The Labute approximate surface area is 134 Å². The first-order valence-electron chi connectivity index (χ1n) is 6.83. The van der Waals surface area contributed by atoms with E-state index < -0.39 is 0 Å². The number of benzene rings is 1. The van der Waals surface area contributed by atoms with Gasteiger partial charge in [0.15, 0.2) is 0 Å². The predicted octanol–water partition coefficient (Wildman–Crippen LogP) is 4.09. The first-order valence-corrected chi connectivity index (χ1v) is 7.58. The number of carbonyl (C=O) groups is 1. The molecule has 0 bridgehead atoms. The van der Waals surface area contributed by atoms with Gasteiger partial charge in [0.25, 0.3) is 0 Å². The molecule has 1 heterocycles. The van der Waals surface area contributed by atoms with E-state index in [0.29, 0.717) is 29.3 Å². The quantitative estimate of drug-likeness (QED) is 0.830. The van der Waals surface area contributed by atoms with Crippen LogP contribution in [0.3, 0.4) is 0 Å². The van der Waals surface area contributed by atoms with Crippen LogP contribution in [0.25, 0.3) is 0 Å². The van der Waals surface area contributed by atoms with E-state index in [9.17, 15) is 4.79 Å². The van der Waals surface area contributed by atoms with Gasteiger partial charge < -0.3 is 0 Å². The summed E-state index contributed by atoms with van der Waals surface area (Å²) in [6.07, 6.45) is 1.51. The number of aromatic nitrogens is 2. The summed E-state index contributed by atoms with van der Waals surface area (Å²) < 4.78 is 1.85. The molecule has 0 saturated heterocycles. The average molecular weight is 325 g/mol. The summed E-state index contributed by atoms with van der Waals surface area (Å²) in [6.45, 7) is 3.99. The van der Waals surface area contributed by atoms with E-state index in [-0.39, 0.29) is 5.78 Å². The minimum Gasteiger partial charge on any atom is -0.299 e. The van der Waals surface area contributed by atoms with Crippen LogP contribution in [0.2, 0.25) is 10.0 Å². The molecule has 2 rings (SSSR count). The molecule has 0 aliphatic rings. The normalized spacial score (nSPS) is 10.9. The average Bonchev–Trinajstić information content (AvgIpc) is 2.66. The fourth-order valence-electron chi connectivity index (χ4n) is 2.42. The van der Waals surface area contributed by atoms with Gasteiger partial charge in [-0.1, -0.05) is 23.2 Å². The van der Waals surface area contributed by atoms with E-state index in [1.165, 1.54) is 0 Å². The number of hydrogen-bond donors (Lipinski definition) is 0. The number of halogens is 2. The molecule has 5 heteroatoms. The van der Waals surface area contributed by atoms with Crippen molar-refractivity contribution >= 4 is 29.0 Å². The molecule has 21 heavy (non-hydrogen) atoms. The third kappa shape index (κ3) is 3.86. The highest BCUT2D eigenvalue weighted by Gasteiger charge is 2.13. The van der Waals surface area contributed by atoms with Crippen molar-refractivity contribution in [3.05, 3.63) is 50.8 Å². The first-order chi connectivity index (χ1) is 9.88. The molecule has 2 aromatic rings. The number of nitrogens with zero attached hydrogens (tertiary/aromatic N) is 2. The van der Waals surface area contributed by atoms with Crippen LogP contribution in [-0.4, -0.2) is 15.6 Å². The second kappa shape index (κ2) is 6.63. The van der Waals surface area contributed by atoms with Crippen molar-refractivity contribution < 1.29 is 4.79 Å². The van der Waals surface area contributed by atoms with Gasteiger partial charge >= 0.3 is 0 Å². The zero-order valence-electron chi connectivity index (χ0n) is 12.4. The summed E-state index contributed by atoms with van der Waals surface area (Å²) >= 11 is 12.0. The van der Waals surface area contributed by atoms with Crippen LogP contribution in [0.15, 0.2) is 18.2 Å². The number of hydrogen-bond acceptors (Lipinski definition) is 2. The number of Topliss-reactive ketones (excluding diaryl/α,β-unsaturated/α-hetero) is 1. The maximum atomic E-state index is 12.1. The van der Waals surface area contributed by atoms with Gasteiger partial charge in [-0.25, -0.2) is 0 Å². The van der Waals surface area contributed by atoms with Gasteiger partial charge in [-0.05, 0) is 49.6 Å². The lowest BCUT2D eigenvalue weighted by molar-refractivity contribution is -0.118. The highest BCUT2D eigenvalue weighted by molar-refractivity contribution is 6.33. The van der Waals surface area contributed by atoms with Crippen molar-refractivity contribution in [3.8, 4) is 0 Å². The van der Waals surface area contributed by atoms with Crippen LogP contribution in [0.1, 0.15) is 28.9 Å². The summed E-state index contributed by atoms with van der Waals surface area (Å²) in [5.41, 5.74) is 4.04. The lowest BCUT2D eigenvalue weighted by atomic mass is 10.0. The molecule has 0 spiro atoms. The van der Waals surface area contributed by atoms with Crippen molar-refractivity contribution in [1.29, 1.82) is 0 Å². The molecule has 0 N–H and O–H groups in total. The minimum absolute atomic E-state index is 0.154.